The zero-order valence-corrected chi connectivity index (χ0v) is 28.6. The number of ether oxygens (including phenoxy) is 4. The summed E-state index contributed by atoms with van der Waals surface area (Å²) >= 11 is 1.22. The third-order valence-electron chi connectivity index (χ3n) is 8.00. The predicted octanol–water partition coefficient (Wildman–Crippen LogP) is 5.46. The van der Waals surface area contributed by atoms with Gasteiger partial charge in [0.1, 0.15) is 23.0 Å². The molecule has 1 aliphatic heterocycles. The summed E-state index contributed by atoms with van der Waals surface area (Å²) < 4.78 is 23.7. The van der Waals surface area contributed by atoms with E-state index in [1.54, 1.807) is 43.0 Å². The van der Waals surface area contributed by atoms with E-state index in [0.717, 1.165) is 28.3 Å². The first-order valence-corrected chi connectivity index (χ1v) is 16.8. The lowest BCUT2D eigenvalue weighted by atomic mass is 9.98. The van der Waals surface area contributed by atoms with Gasteiger partial charge in [-0.25, -0.2) is 5.01 Å². The van der Waals surface area contributed by atoms with Gasteiger partial charge >= 0.3 is 0 Å². The summed E-state index contributed by atoms with van der Waals surface area (Å²) in [5, 5.41) is 18.5. The number of thioether (sulfide) groups is 1. The topological polar surface area (TPSA) is 129 Å². The lowest BCUT2D eigenvalue weighted by Crippen LogP contribution is -2.29. The summed E-state index contributed by atoms with van der Waals surface area (Å²) in [6.07, 6.45) is 0.532. The Morgan fingerprint density at radius 1 is 0.800 bits per heavy atom. The molecule has 1 aromatic heterocycles. The number of para-hydroxylation sites is 3. The van der Waals surface area contributed by atoms with Crippen LogP contribution >= 0.6 is 11.8 Å². The Labute approximate surface area is 294 Å². The monoisotopic (exact) mass is 692 g/mol. The molecule has 50 heavy (non-hydrogen) atoms. The fourth-order valence-electron chi connectivity index (χ4n) is 5.44. The molecule has 5 aromatic rings. The van der Waals surface area contributed by atoms with Crippen LogP contribution in [0.4, 0.5) is 0 Å². The second-order valence-electron chi connectivity index (χ2n) is 11.1. The Kier molecular flexibility index (Phi) is 10.9. The number of carbonyl (C=O) groups excluding carboxylic acids is 2. The van der Waals surface area contributed by atoms with E-state index < -0.39 is 0 Å². The van der Waals surface area contributed by atoms with E-state index in [-0.39, 0.29) is 36.8 Å². The fraction of sp³-hybridized carbons (Fsp3) is 0.216. The molecule has 2 heterocycles. The van der Waals surface area contributed by atoms with Crippen molar-refractivity contribution in [1.82, 2.24) is 25.1 Å². The van der Waals surface area contributed by atoms with Crippen LogP contribution in [0, 0.1) is 0 Å². The minimum atomic E-state index is -0.322. The maximum absolute atomic E-state index is 14.0. The van der Waals surface area contributed by atoms with Crippen molar-refractivity contribution in [1.29, 1.82) is 0 Å². The van der Waals surface area contributed by atoms with E-state index >= 15 is 0 Å². The van der Waals surface area contributed by atoms with Gasteiger partial charge in [0.25, 0.3) is 11.8 Å². The van der Waals surface area contributed by atoms with Crippen LogP contribution in [0.25, 0.3) is 5.69 Å². The van der Waals surface area contributed by atoms with Crippen LogP contribution in [0.5, 0.6) is 23.0 Å². The van der Waals surface area contributed by atoms with E-state index in [0.29, 0.717) is 34.6 Å². The number of hydrazone groups is 1. The van der Waals surface area contributed by atoms with Gasteiger partial charge in [0.05, 0.1) is 51.1 Å². The molecule has 6 rings (SSSR count). The van der Waals surface area contributed by atoms with Crippen molar-refractivity contribution in [3.63, 3.8) is 0 Å². The van der Waals surface area contributed by atoms with Gasteiger partial charge in [-0.05, 0) is 71.8 Å². The van der Waals surface area contributed by atoms with Gasteiger partial charge in [0, 0.05) is 6.42 Å². The van der Waals surface area contributed by atoms with Gasteiger partial charge in [0.2, 0.25) is 0 Å². The molecule has 1 atom stereocenters. The lowest BCUT2D eigenvalue weighted by Gasteiger charge is -2.22. The quantitative estimate of drug-likeness (QED) is 0.151. The van der Waals surface area contributed by atoms with Gasteiger partial charge in [-0.1, -0.05) is 54.2 Å². The van der Waals surface area contributed by atoms with Crippen LogP contribution in [-0.2, 0) is 16.1 Å². The second kappa shape index (κ2) is 16.1. The Morgan fingerprint density at radius 2 is 1.48 bits per heavy atom. The zero-order chi connectivity index (χ0) is 34.9. The van der Waals surface area contributed by atoms with Crippen molar-refractivity contribution in [3.05, 3.63) is 120 Å². The summed E-state index contributed by atoms with van der Waals surface area (Å²) in [5.74, 6) is 2.58. The molecule has 1 aliphatic rings. The lowest BCUT2D eigenvalue weighted by molar-refractivity contribution is -0.130. The van der Waals surface area contributed by atoms with E-state index in [1.807, 2.05) is 91.0 Å². The predicted molar refractivity (Wildman–Crippen MR) is 189 cm³/mol. The molecule has 13 heteroatoms. The third kappa shape index (κ3) is 7.90. The SMILES string of the molecule is COc1ccc(C2=NN(C(=O)CSc3nnc(CNC(=O)COc4ccccc4)n3-c3ccccc3OC)[C@@H](c3ccc(OC)cc3)C2)cc1. The number of aromatic nitrogens is 3. The summed E-state index contributed by atoms with van der Waals surface area (Å²) in [6, 6.07) is 31.5. The van der Waals surface area contributed by atoms with Crippen LogP contribution in [-0.4, -0.2) is 71.0 Å². The van der Waals surface area contributed by atoms with E-state index in [1.165, 1.54) is 11.8 Å². The molecule has 0 radical (unpaired) electrons. The van der Waals surface area contributed by atoms with Crippen molar-refractivity contribution < 1.29 is 28.5 Å². The number of benzene rings is 4. The van der Waals surface area contributed by atoms with Crippen molar-refractivity contribution in [2.45, 2.75) is 24.2 Å². The summed E-state index contributed by atoms with van der Waals surface area (Å²) in [4.78, 5) is 26.7. The van der Waals surface area contributed by atoms with E-state index in [2.05, 4.69) is 15.5 Å². The number of hydrogen-bond donors (Lipinski definition) is 1. The molecular formula is C37H36N6O6S. The van der Waals surface area contributed by atoms with Crippen LogP contribution in [0.1, 0.15) is 29.4 Å². The highest BCUT2D eigenvalue weighted by atomic mass is 32.2. The highest BCUT2D eigenvalue weighted by Gasteiger charge is 2.33. The number of hydrogen-bond acceptors (Lipinski definition) is 10. The van der Waals surface area contributed by atoms with Crippen LogP contribution in [0.3, 0.4) is 0 Å². The second-order valence-corrected chi connectivity index (χ2v) is 12.0. The highest BCUT2D eigenvalue weighted by Crippen LogP contribution is 2.35. The Hall–Kier alpha value is -5.82. The molecule has 0 unspecified atom stereocenters. The Morgan fingerprint density at radius 3 is 2.18 bits per heavy atom. The van der Waals surface area contributed by atoms with Gasteiger partial charge in [-0.2, -0.15) is 5.10 Å². The number of rotatable bonds is 14. The number of carbonyl (C=O) groups is 2. The van der Waals surface area contributed by atoms with E-state index in [9.17, 15) is 9.59 Å². The molecule has 0 spiro atoms. The van der Waals surface area contributed by atoms with Crippen LogP contribution in [0.15, 0.2) is 113 Å². The zero-order valence-electron chi connectivity index (χ0n) is 27.8. The first kappa shape index (κ1) is 34.1. The normalized spacial score (nSPS) is 13.8. The van der Waals surface area contributed by atoms with Crippen LogP contribution in [0.2, 0.25) is 0 Å². The molecule has 1 N–H and O–H groups in total. The number of nitrogens with zero attached hydrogens (tertiary/aromatic N) is 5. The number of nitrogens with one attached hydrogen (secondary N) is 1. The molecule has 0 bridgehead atoms. The summed E-state index contributed by atoms with van der Waals surface area (Å²) in [6.45, 7) is -0.0924. The maximum atomic E-state index is 14.0. The Balaban J connectivity index is 1.22. The van der Waals surface area contributed by atoms with Crippen molar-refractivity contribution in [2.75, 3.05) is 33.7 Å². The van der Waals surface area contributed by atoms with Gasteiger partial charge in [0.15, 0.2) is 17.6 Å². The molecule has 256 valence electrons. The van der Waals surface area contributed by atoms with E-state index in [4.69, 9.17) is 24.0 Å². The van der Waals surface area contributed by atoms with Crippen molar-refractivity contribution in [3.8, 4) is 28.7 Å². The summed E-state index contributed by atoms with van der Waals surface area (Å²) in [7, 11) is 4.81. The molecule has 0 aliphatic carbocycles. The first-order valence-electron chi connectivity index (χ1n) is 15.8. The van der Waals surface area contributed by atoms with Crippen molar-refractivity contribution >= 4 is 29.3 Å². The molecule has 0 fully saturated rings. The van der Waals surface area contributed by atoms with Gasteiger partial charge < -0.3 is 24.3 Å². The molecular weight excluding hydrogens is 657 g/mol. The largest absolute Gasteiger partial charge is 0.497 e. The average molecular weight is 693 g/mol. The number of amides is 2. The molecule has 0 saturated heterocycles. The molecule has 4 aromatic carbocycles. The average Bonchev–Trinajstić information content (AvgIpc) is 3.81. The van der Waals surface area contributed by atoms with Gasteiger partial charge in [-0.3, -0.25) is 14.2 Å². The molecule has 0 saturated carbocycles. The number of methoxy groups -OCH3 is 3. The molecule has 2 amide bonds. The minimum Gasteiger partial charge on any atom is -0.497 e. The van der Waals surface area contributed by atoms with Crippen molar-refractivity contribution in [2.24, 2.45) is 5.10 Å². The minimum absolute atomic E-state index is 0.0244. The third-order valence-corrected chi connectivity index (χ3v) is 8.91. The fourth-order valence-corrected chi connectivity index (χ4v) is 6.25. The highest BCUT2D eigenvalue weighted by molar-refractivity contribution is 7.99. The summed E-state index contributed by atoms with van der Waals surface area (Å²) in [5.41, 5.74) is 3.29. The van der Waals surface area contributed by atoms with Crippen LogP contribution < -0.4 is 24.3 Å². The van der Waals surface area contributed by atoms with Gasteiger partial charge in [-0.15, -0.1) is 10.2 Å². The standard InChI is InChI=1S/C37H36N6O6S/c1-46-27-17-13-25(14-18-27)30-21-32(26-15-19-28(47-2)20-16-26)43(41-30)36(45)24-50-37-40-39-34(42(37)31-11-7-8-12-33(31)48-3)22-38-35(44)23-49-29-9-5-4-6-10-29/h4-20,32H,21-24H2,1-3H3,(H,38,44)/t32-/m1/s1. The molecule has 12 nitrogen and oxygen atoms in total. The maximum Gasteiger partial charge on any atom is 0.258 e. The smallest absolute Gasteiger partial charge is 0.258 e. The first-order chi connectivity index (χ1) is 24.5. The Bertz CT molecular complexity index is 1950.